The van der Waals surface area contributed by atoms with E-state index in [9.17, 15) is 4.79 Å². The lowest BCUT2D eigenvalue weighted by Crippen LogP contribution is -2.24. The van der Waals surface area contributed by atoms with Gasteiger partial charge in [0.25, 0.3) is 5.91 Å². The molecule has 5 nitrogen and oxygen atoms in total. The highest BCUT2D eigenvalue weighted by Gasteiger charge is 2.10. The van der Waals surface area contributed by atoms with E-state index in [1.54, 1.807) is 12.3 Å². The van der Waals surface area contributed by atoms with Crippen LogP contribution in [0.5, 0.6) is 0 Å². The standard InChI is InChI=1S/C20H26N4O/c21-20(25)18-14-22-9-8-19(18)23-13-16-6-5-7-17(12-16)15-24-10-3-1-2-4-11-24/h5-9,12,14H,1-4,10-11,13,15H2,(H2,21,25)(H,22,23). The maximum absolute atomic E-state index is 11.5. The molecule has 1 aromatic carbocycles. The van der Waals surface area contributed by atoms with E-state index in [4.69, 9.17) is 5.73 Å². The van der Waals surface area contributed by atoms with Crippen LogP contribution in [0.15, 0.2) is 42.7 Å². The number of benzene rings is 1. The van der Waals surface area contributed by atoms with Gasteiger partial charge in [0.05, 0.1) is 11.3 Å². The minimum atomic E-state index is -0.467. The van der Waals surface area contributed by atoms with E-state index >= 15 is 0 Å². The number of hydrogen-bond acceptors (Lipinski definition) is 4. The van der Waals surface area contributed by atoms with Crippen LogP contribution in [-0.2, 0) is 13.1 Å². The smallest absolute Gasteiger partial charge is 0.252 e. The number of carbonyl (C=O) groups excluding carboxylic acids is 1. The zero-order chi connectivity index (χ0) is 17.5. The van der Waals surface area contributed by atoms with Gasteiger partial charge in [0.1, 0.15) is 0 Å². The van der Waals surface area contributed by atoms with Gasteiger partial charge in [-0.3, -0.25) is 14.7 Å². The first-order valence-corrected chi connectivity index (χ1v) is 9.00. The van der Waals surface area contributed by atoms with Gasteiger partial charge in [-0.15, -0.1) is 0 Å². The number of rotatable bonds is 6. The molecule has 1 amide bonds. The van der Waals surface area contributed by atoms with Gasteiger partial charge >= 0.3 is 0 Å². The van der Waals surface area contributed by atoms with E-state index < -0.39 is 5.91 Å². The maximum atomic E-state index is 11.5. The minimum Gasteiger partial charge on any atom is -0.380 e. The van der Waals surface area contributed by atoms with Crippen molar-refractivity contribution in [2.45, 2.75) is 38.8 Å². The Labute approximate surface area is 149 Å². The second kappa shape index (κ2) is 8.62. The maximum Gasteiger partial charge on any atom is 0.252 e. The van der Waals surface area contributed by atoms with Crippen molar-refractivity contribution in [1.29, 1.82) is 0 Å². The van der Waals surface area contributed by atoms with Gasteiger partial charge in [0, 0.05) is 25.5 Å². The van der Waals surface area contributed by atoms with Crippen LogP contribution in [0.1, 0.15) is 47.2 Å². The number of likely N-dealkylation sites (tertiary alicyclic amines) is 1. The van der Waals surface area contributed by atoms with Crippen molar-refractivity contribution >= 4 is 11.6 Å². The number of nitrogens with two attached hydrogens (primary N) is 1. The van der Waals surface area contributed by atoms with E-state index in [0.29, 0.717) is 12.1 Å². The van der Waals surface area contributed by atoms with Crippen molar-refractivity contribution < 1.29 is 4.79 Å². The molecular formula is C20H26N4O. The van der Waals surface area contributed by atoms with Gasteiger partial charge in [-0.05, 0) is 43.1 Å². The van der Waals surface area contributed by atoms with E-state index in [1.807, 2.05) is 0 Å². The third-order valence-electron chi connectivity index (χ3n) is 4.67. The number of carbonyl (C=O) groups is 1. The van der Waals surface area contributed by atoms with Crippen LogP contribution in [0.25, 0.3) is 0 Å². The van der Waals surface area contributed by atoms with E-state index in [0.717, 1.165) is 12.2 Å². The first-order valence-electron chi connectivity index (χ1n) is 9.00. The van der Waals surface area contributed by atoms with Crippen LogP contribution >= 0.6 is 0 Å². The summed E-state index contributed by atoms with van der Waals surface area (Å²) < 4.78 is 0. The van der Waals surface area contributed by atoms with Crippen molar-refractivity contribution in [2.24, 2.45) is 5.73 Å². The number of hydrogen-bond donors (Lipinski definition) is 2. The van der Waals surface area contributed by atoms with Crippen LogP contribution in [-0.4, -0.2) is 28.9 Å². The molecule has 0 aliphatic carbocycles. The molecule has 0 unspecified atom stereocenters. The number of nitrogens with zero attached hydrogens (tertiary/aromatic N) is 2. The molecule has 0 bridgehead atoms. The SMILES string of the molecule is NC(=O)c1cnccc1NCc1cccc(CN2CCCCCC2)c1. The van der Waals surface area contributed by atoms with Crippen molar-refractivity contribution in [3.05, 3.63) is 59.4 Å². The van der Waals surface area contributed by atoms with E-state index in [2.05, 4.69) is 39.5 Å². The molecule has 1 fully saturated rings. The minimum absolute atomic E-state index is 0.420. The molecule has 2 heterocycles. The van der Waals surface area contributed by atoms with Crippen molar-refractivity contribution in [3.8, 4) is 0 Å². The summed E-state index contributed by atoms with van der Waals surface area (Å²) in [7, 11) is 0. The molecule has 1 aromatic heterocycles. The van der Waals surface area contributed by atoms with Gasteiger partial charge in [0.2, 0.25) is 0 Å². The zero-order valence-electron chi connectivity index (χ0n) is 14.6. The Bertz CT molecular complexity index is 708. The Kier molecular flexibility index (Phi) is 6.01. The third-order valence-corrected chi connectivity index (χ3v) is 4.67. The fraction of sp³-hybridized carbons (Fsp3) is 0.400. The van der Waals surface area contributed by atoms with Gasteiger partial charge in [-0.1, -0.05) is 37.1 Å². The molecular weight excluding hydrogens is 312 g/mol. The van der Waals surface area contributed by atoms with Crippen molar-refractivity contribution in [2.75, 3.05) is 18.4 Å². The lowest BCUT2D eigenvalue weighted by atomic mass is 10.1. The molecule has 5 heteroatoms. The van der Waals surface area contributed by atoms with E-state index in [1.165, 1.54) is 56.1 Å². The molecule has 0 atom stereocenters. The van der Waals surface area contributed by atoms with Crippen molar-refractivity contribution in [1.82, 2.24) is 9.88 Å². The Morgan fingerprint density at radius 3 is 2.64 bits per heavy atom. The van der Waals surface area contributed by atoms with Crippen LogP contribution < -0.4 is 11.1 Å². The Balaban J connectivity index is 1.63. The predicted molar refractivity (Wildman–Crippen MR) is 100 cm³/mol. The van der Waals surface area contributed by atoms with Gasteiger partial charge < -0.3 is 11.1 Å². The summed E-state index contributed by atoms with van der Waals surface area (Å²) in [6.45, 7) is 4.05. The highest BCUT2D eigenvalue weighted by atomic mass is 16.1. The second-order valence-corrected chi connectivity index (χ2v) is 6.65. The highest BCUT2D eigenvalue weighted by Crippen LogP contribution is 2.17. The van der Waals surface area contributed by atoms with Gasteiger partial charge in [-0.25, -0.2) is 0 Å². The number of anilines is 1. The summed E-state index contributed by atoms with van der Waals surface area (Å²) in [6.07, 6.45) is 8.48. The molecule has 1 saturated heterocycles. The number of nitrogens with one attached hydrogen (secondary N) is 1. The number of pyridine rings is 1. The number of amides is 1. The lowest BCUT2D eigenvalue weighted by Gasteiger charge is -2.20. The molecule has 3 N–H and O–H groups in total. The molecule has 2 aromatic rings. The molecule has 3 rings (SSSR count). The summed E-state index contributed by atoms with van der Waals surface area (Å²) in [4.78, 5) is 18.0. The molecule has 1 aliphatic rings. The number of aromatic nitrogens is 1. The van der Waals surface area contributed by atoms with Crippen molar-refractivity contribution in [3.63, 3.8) is 0 Å². The van der Waals surface area contributed by atoms with E-state index in [-0.39, 0.29) is 0 Å². The Morgan fingerprint density at radius 2 is 1.88 bits per heavy atom. The third kappa shape index (κ3) is 5.03. The summed E-state index contributed by atoms with van der Waals surface area (Å²) in [5, 5.41) is 3.30. The first kappa shape index (κ1) is 17.4. The first-order chi connectivity index (χ1) is 12.2. The largest absolute Gasteiger partial charge is 0.380 e. The van der Waals surface area contributed by atoms with Gasteiger partial charge in [-0.2, -0.15) is 0 Å². The van der Waals surface area contributed by atoms with Gasteiger partial charge in [0.15, 0.2) is 0 Å². The molecule has 132 valence electrons. The lowest BCUT2D eigenvalue weighted by molar-refractivity contribution is 0.100. The normalized spacial score (nSPS) is 15.5. The average molecular weight is 338 g/mol. The van der Waals surface area contributed by atoms with Crippen LogP contribution in [0.4, 0.5) is 5.69 Å². The average Bonchev–Trinajstić information content (AvgIpc) is 2.89. The molecule has 0 radical (unpaired) electrons. The predicted octanol–water partition coefficient (Wildman–Crippen LogP) is 3.17. The highest BCUT2D eigenvalue weighted by molar-refractivity contribution is 5.98. The fourth-order valence-electron chi connectivity index (χ4n) is 3.33. The molecule has 25 heavy (non-hydrogen) atoms. The second-order valence-electron chi connectivity index (χ2n) is 6.65. The quantitative estimate of drug-likeness (QED) is 0.849. The topological polar surface area (TPSA) is 71.2 Å². The summed E-state index contributed by atoms with van der Waals surface area (Å²) in [5.41, 5.74) is 9.08. The summed E-state index contributed by atoms with van der Waals surface area (Å²) in [5.74, 6) is -0.467. The molecule has 0 saturated carbocycles. The molecule has 1 aliphatic heterocycles. The zero-order valence-corrected chi connectivity index (χ0v) is 14.6. The molecule has 0 spiro atoms. The fourth-order valence-corrected chi connectivity index (χ4v) is 3.33. The Morgan fingerprint density at radius 1 is 1.12 bits per heavy atom. The van der Waals surface area contributed by atoms with Crippen LogP contribution in [0.3, 0.4) is 0 Å². The summed E-state index contributed by atoms with van der Waals surface area (Å²) >= 11 is 0. The Hall–Kier alpha value is -2.40. The summed E-state index contributed by atoms with van der Waals surface area (Å²) in [6, 6.07) is 10.4. The number of primary amides is 1. The van der Waals surface area contributed by atoms with Crippen LogP contribution in [0, 0.1) is 0 Å². The van der Waals surface area contributed by atoms with Crippen LogP contribution in [0.2, 0.25) is 0 Å². The monoisotopic (exact) mass is 338 g/mol.